The van der Waals surface area contributed by atoms with Crippen LogP contribution in [0, 0.1) is 0 Å². The summed E-state index contributed by atoms with van der Waals surface area (Å²) in [6.45, 7) is 6.65. The second-order valence-electron chi connectivity index (χ2n) is 4.07. The molecule has 0 bridgehead atoms. The molecule has 0 spiro atoms. The number of piperazine rings is 1. The first-order valence-electron chi connectivity index (χ1n) is 5.30. The van der Waals surface area contributed by atoms with Crippen molar-refractivity contribution in [2.45, 2.75) is 32.3 Å². The Morgan fingerprint density at radius 3 is 2.57 bits per heavy atom. The highest BCUT2D eigenvalue weighted by atomic mass is 16.3. The maximum atomic E-state index is 11.9. The molecule has 1 aliphatic rings. The summed E-state index contributed by atoms with van der Waals surface area (Å²) in [4.78, 5) is 13.6. The number of amides is 1. The molecular weight excluding hydrogens is 180 g/mol. The van der Waals surface area contributed by atoms with Gasteiger partial charge in [0, 0.05) is 26.2 Å². The summed E-state index contributed by atoms with van der Waals surface area (Å²) in [5, 5.41) is 13.1. The SMILES string of the molecule is CCCC(C)(O)C(=O)N1CCNCC1. The molecule has 1 saturated heterocycles. The van der Waals surface area contributed by atoms with Gasteiger partial charge in [0.15, 0.2) is 0 Å². The van der Waals surface area contributed by atoms with E-state index in [1.807, 2.05) is 6.92 Å². The van der Waals surface area contributed by atoms with Gasteiger partial charge in [-0.15, -0.1) is 0 Å². The van der Waals surface area contributed by atoms with E-state index in [-0.39, 0.29) is 5.91 Å². The van der Waals surface area contributed by atoms with Gasteiger partial charge in [0.1, 0.15) is 5.60 Å². The molecule has 2 N–H and O–H groups in total. The van der Waals surface area contributed by atoms with Gasteiger partial charge in [-0.2, -0.15) is 0 Å². The summed E-state index contributed by atoms with van der Waals surface area (Å²) < 4.78 is 0. The minimum absolute atomic E-state index is 0.124. The molecule has 14 heavy (non-hydrogen) atoms. The van der Waals surface area contributed by atoms with Gasteiger partial charge in [-0.3, -0.25) is 4.79 Å². The van der Waals surface area contributed by atoms with Crippen molar-refractivity contribution in [1.29, 1.82) is 0 Å². The number of hydrogen-bond acceptors (Lipinski definition) is 3. The van der Waals surface area contributed by atoms with Crippen molar-refractivity contribution >= 4 is 5.91 Å². The first kappa shape index (κ1) is 11.5. The maximum absolute atomic E-state index is 11.9. The van der Waals surface area contributed by atoms with Gasteiger partial charge in [0.25, 0.3) is 5.91 Å². The van der Waals surface area contributed by atoms with E-state index in [2.05, 4.69) is 5.32 Å². The lowest BCUT2D eigenvalue weighted by molar-refractivity contribution is -0.150. The monoisotopic (exact) mass is 200 g/mol. The molecule has 0 radical (unpaired) electrons. The van der Waals surface area contributed by atoms with Crippen molar-refractivity contribution in [3.63, 3.8) is 0 Å². The first-order valence-corrected chi connectivity index (χ1v) is 5.30. The summed E-state index contributed by atoms with van der Waals surface area (Å²) in [5.41, 5.74) is -1.17. The molecule has 1 aliphatic heterocycles. The van der Waals surface area contributed by atoms with E-state index in [0.717, 1.165) is 19.5 Å². The van der Waals surface area contributed by atoms with Gasteiger partial charge >= 0.3 is 0 Å². The Labute approximate surface area is 85.3 Å². The summed E-state index contributed by atoms with van der Waals surface area (Å²) in [7, 11) is 0. The van der Waals surface area contributed by atoms with E-state index in [1.54, 1.807) is 11.8 Å². The van der Waals surface area contributed by atoms with Gasteiger partial charge in [-0.1, -0.05) is 13.3 Å². The fraction of sp³-hybridized carbons (Fsp3) is 0.900. The number of carbonyl (C=O) groups is 1. The fourth-order valence-corrected chi connectivity index (χ4v) is 1.80. The zero-order valence-corrected chi connectivity index (χ0v) is 9.05. The van der Waals surface area contributed by atoms with E-state index >= 15 is 0 Å². The van der Waals surface area contributed by atoms with Crippen molar-refractivity contribution in [2.75, 3.05) is 26.2 Å². The Hall–Kier alpha value is -0.610. The quantitative estimate of drug-likeness (QED) is 0.672. The van der Waals surface area contributed by atoms with Crippen LogP contribution < -0.4 is 5.32 Å². The highest BCUT2D eigenvalue weighted by Crippen LogP contribution is 2.15. The first-order chi connectivity index (χ1) is 6.58. The Kier molecular flexibility index (Phi) is 3.89. The zero-order chi connectivity index (χ0) is 10.6. The van der Waals surface area contributed by atoms with E-state index in [1.165, 1.54) is 0 Å². The molecule has 1 unspecified atom stereocenters. The van der Waals surface area contributed by atoms with Crippen LogP contribution in [0.4, 0.5) is 0 Å². The highest BCUT2D eigenvalue weighted by molar-refractivity contribution is 5.84. The molecule has 82 valence electrons. The van der Waals surface area contributed by atoms with Gasteiger partial charge in [0.05, 0.1) is 0 Å². The molecule has 0 aliphatic carbocycles. The van der Waals surface area contributed by atoms with Gasteiger partial charge in [-0.25, -0.2) is 0 Å². The van der Waals surface area contributed by atoms with Crippen LogP contribution in [0.3, 0.4) is 0 Å². The lowest BCUT2D eigenvalue weighted by Gasteiger charge is -2.33. The van der Waals surface area contributed by atoms with Crippen molar-refractivity contribution < 1.29 is 9.90 Å². The van der Waals surface area contributed by atoms with E-state index in [0.29, 0.717) is 19.5 Å². The molecule has 4 heteroatoms. The third-order valence-corrected chi connectivity index (χ3v) is 2.60. The lowest BCUT2D eigenvalue weighted by atomic mass is 9.98. The second kappa shape index (κ2) is 4.75. The number of hydrogen-bond donors (Lipinski definition) is 2. The smallest absolute Gasteiger partial charge is 0.254 e. The molecule has 1 fully saturated rings. The van der Waals surface area contributed by atoms with Crippen LogP contribution in [0.5, 0.6) is 0 Å². The number of rotatable bonds is 3. The molecule has 0 aromatic carbocycles. The number of carbonyl (C=O) groups excluding carboxylic acids is 1. The average Bonchev–Trinajstić information content (AvgIpc) is 2.18. The van der Waals surface area contributed by atoms with Gasteiger partial charge in [-0.05, 0) is 13.3 Å². The Bertz CT molecular complexity index is 198. The van der Waals surface area contributed by atoms with Gasteiger partial charge in [0.2, 0.25) is 0 Å². The van der Waals surface area contributed by atoms with Crippen LogP contribution in [0.1, 0.15) is 26.7 Å². The van der Waals surface area contributed by atoms with Crippen LogP contribution in [-0.4, -0.2) is 47.7 Å². The summed E-state index contributed by atoms with van der Waals surface area (Å²) >= 11 is 0. The molecule has 1 heterocycles. The predicted octanol–water partition coefficient (Wildman–Crippen LogP) is -0.0307. The summed E-state index contributed by atoms with van der Waals surface area (Å²) in [5.74, 6) is -0.124. The summed E-state index contributed by atoms with van der Waals surface area (Å²) in [6, 6.07) is 0. The topological polar surface area (TPSA) is 52.6 Å². The van der Waals surface area contributed by atoms with Crippen LogP contribution in [-0.2, 0) is 4.79 Å². The molecule has 0 aromatic heterocycles. The third-order valence-electron chi connectivity index (χ3n) is 2.60. The van der Waals surface area contributed by atoms with Crippen LogP contribution in [0.2, 0.25) is 0 Å². The number of aliphatic hydroxyl groups is 1. The van der Waals surface area contributed by atoms with Crippen molar-refractivity contribution in [3.8, 4) is 0 Å². The zero-order valence-electron chi connectivity index (χ0n) is 9.05. The van der Waals surface area contributed by atoms with E-state index in [9.17, 15) is 9.90 Å². The van der Waals surface area contributed by atoms with E-state index < -0.39 is 5.60 Å². The molecule has 0 saturated carbocycles. The van der Waals surface area contributed by atoms with Crippen LogP contribution in [0.15, 0.2) is 0 Å². The lowest BCUT2D eigenvalue weighted by Crippen LogP contribution is -2.53. The predicted molar refractivity (Wildman–Crippen MR) is 55.0 cm³/mol. The van der Waals surface area contributed by atoms with Crippen LogP contribution in [0.25, 0.3) is 0 Å². The normalized spacial score (nSPS) is 21.8. The highest BCUT2D eigenvalue weighted by Gasteiger charge is 2.33. The van der Waals surface area contributed by atoms with E-state index in [4.69, 9.17) is 0 Å². The Morgan fingerprint density at radius 2 is 2.07 bits per heavy atom. The number of nitrogens with zero attached hydrogens (tertiary/aromatic N) is 1. The van der Waals surface area contributed by atoms with Crippen molar-refractivity contribution in [2.24, 2.45) is 0 Å². The minimum atomic E-state index is -1.17. The molecule has 1 atom stereocenters. The third kappa shape index (κ3) is 2.69. The molecule has 4 nitrogen and oxygen atoms in total. The molecular formula is C10H20N2O2. The standard InChI is InChI=1S/C10H20N2O2/c1-3-4-10(2,14)9(13)12-7-5-11-6-8-12/h11,14H,3-8H2,1-2H3. The Morgan fingerprint density at radius 1 is 1.50 bits per heavy atom. The Balaban J connectivity index is 2.53. The van der Waals surface area contributed by atoms with Gasteiger partial charge < -0.3 is 15.3 Å². The molecule has 1 amide bonds. The largest absolute Gasteiger partial charge is 0.380 e. The number of nitrogens with one attached hydrogen (secondary N) is 1. The average molecular weight is 200 g/mol. The second-order valence-corrected chi connectivity index (χ2v) is 4.07. The maximum Gasteiger partial charge on any atom is 0.254 e. The summed E-state index contributed by atoms with van der Waals surface area (Å²) in [6.07, 6.45) is 1.36. The van der Waals surface area contributed by atoms with Crippen molar-refractivity contribution in [1.82, 2.24) is 10.2 Å². The molecule has 1 rings (SSSR count). The fourth-order valence-electron chi connectivity index (χ4n) is 1.80. The van der Waals surface area contributed by atoms with Crippen LogP contribution >= 0.6 is 0 Å². The molecule has 0 aromatic rings. The minimum Gasteiger partial charge on any atom is -0.380 e. The van der Waals surface area contributed by atoms with Crippen molar-refractivity contribution in [3.05, 3.63) is 0 Å².